The fourth-order valence-electron chi connectivity index (χ4n) is 4.19. The van der Waals surface area contributed by atoms with Crippen LogP contribution in [0.15, 0.2) is 48.5 Å². The van der Waals surface area contributed by atoms with Gasteiger partial charge in [0.2, 0.25) is 5.91 Å². The van der Waals surface area contributed by atoms with Crippen LogP contribution in [-0.4, -0.2) is 38.8 Å². The Kier molecular flexibility index (Phi) is 6.80. The molecule has 6 nitrogen and oxygen atoms in total. The predicted molar refractivity (Wildman–Crippen MR) is 121 cm³/mol. The number of ether oxygens (including phenoxy) is 3. The Labute approximate surface area is 189 Å². The number of methoxy groups -OCH3 is 1. The molecular formula is C26H31NO5. The summed E-state index contributed by atoms with van der Waals surface area (Å²) in [6, 6.07) is 14.9. The molecule has 1 aliphatic heterocycles. The summed E-state index contributed by atoms with van der Waals surface area (Å²) in [5.74, 6) is 1.10. The van der Waals surface area contributed by atoms with Gasteiger partial charge in [0.15, 0.2) is 0 Å². The lowest BCUT2D eigenvalue weighted by Gasteiger charge is -2.37. The Bertz CT molecular complexity index is 945. The summed E-state index contributed by atoms with van der Waals surface area (Å²) in [7, 11) is 1.36. The fourth-order valence-corrected chi connectivity index (χ4v) is 4.19. The minimum atomic E-state index is -0.655. The zero-order chi connectivity index (χ0) is 22.6. The molecule has 2 aromatic rings. The third-order valence-corrected chi connectivity index (χ3v) is 6.53. The molecule has 1 amide bonds. The number of nitrogens with one attached hydrogen (secondary N) is 1. The van der Waals surface area contributed by atoms with Crippen LogP contribution in [0.25, 0.3) is 0 Å². The van der Waals surface area contributed by atoms with E-state index in [-0.39, 0.29) is 17.9 Å². The third kappa shape index (κ3) is 4.96. The average Bonchev–Trinajstić information content (AvgIpc) is 3.67. The molecule has 1 saturated carbocycles. The van der Waals surface area contributed by atoms with Crippen molar-refractivity contribution in [1.82, 2.24) is 5.32 Å². The van der Waals surface area contributed by atoms with Gasteiger partial charge in [0, 0.05) is 13.2 Å². The second kappa shape index (κ2) is 9.74. The number of carbonyl (C=O) groups excluding carboxylic acids is 2. The van der Waals surface area contributed by atoms with Gasteiger partial charge in [0.1, 0.15) is 5.75 Å². The number of hydrogen-bond donors (Lipinski definition) is 1. The second-order valence-corrected chi connectivity index (χ2v) is 8.79. The molecular weight excluding hydrogens is 406 g/mol. The van der Waals surface area contributed by atoms with Crippen molar-refractivity contribution in [1.29, 1.82) is 0 Å². The van der Waals surface area contributed by atoms with Gasteiger partial charge >= 0.3 is 5.97 Å². The fraction of sp³-hybridized carbons (Fsp3) is 0.462. The number of rotatable bonds is 8. The smallest absolute Gasteiger partial charge is 0.337 e. The van der Waals surface area contributed by atoms with Gasteiger partial charge in [0.25, 0.3) is 0 Å². The van der Waals surface area contributed by atoms with Gasteiger partial charge in [-0.15, -0.1) is 0 Å². The number of carbonyl (C=O) groups is 2. The van der Waals surface area contributed by atoms with Crippen molar-refractivity contribution >= 4 is 11.9 Å². The van der Waals surface area contributed by atoms with E-state index in [0.29, 0.717) is 37.5 Å². The molecule has 32 heavy (non-hydrogen) atoms. The number of hydrogen-bond acceptors (Lipinski definition) is 5. The Balaban J connectivity index is 1.51. The first-order chi connectivity index (χ1) is 15.5. The Hall–Kier alpha value is -2.86. The van der Waals surface area contributed by atoms with Gasteiger partial charge in [-0.2, -0.15) is 0 Å². The van der Waals surface area contributed by atoms with E-state index in [9.17, 15) is 9.59 Å². The van der Waals surface area contributed by atoms with Crippen molar-refractivity contribution in [3.05, 3.63) is 65.2 Å². The highest BCUT2D eigenvalue weighted by Gasteiger charge is 2.42. The first-order valence-corrected chi connectivity index (χ1v) is 11.3. The highest BCUT2D eigenvalue weighted by atomic mass is 16.5. The van der Waals surface area contributed by atoms with Gasteiger partial charge in [-0.3, -0.25) is 4.79 Å². The summed E-state index contributed by atoms with van der Waals surface area (Å²) < 4.78 is 16.3. The summed E-state index contributed by atoms with van der Waals surface area (Å²) in [4.78, 5) is 25.3. The van der Waals surface area contributed by atoms with E-state index in [1.165, 1.54) is 20.0 Å². The maximum atomic E-state index is 13.6. The Morgan fingerprint density at radius 3 is 2.50 bits per heavy atom. The van der Waals surface area contributed by atoms with Crippen LogP contribution in [0.3, 0.4) is 0 Å². The van der Waals surface area contributed by atoms with Crippen LogP contribution in [0.2, 0.25) is 0 Å². The summed E-state index contributed by atoms with van der Waals surface area (Å²) in [6.07, 6.45) is 3.72. The van der Waals surface area contributed by atoms with E-state index in [0.717, 1.165) is 23.5 Å². The third-order valence-electron chi connectivity index (χ3n) is 6.53. The van der Waals surface area contributed by atoms with Gasteiger partial charge in [-0.25, -0.2) is 4.79 Å². The molecule has 0 aromatic heterocycles. The minimum absolute atomic E-state index is 0.00955. The minimum Gasteiger partial charge on any atom is -0.493 e. The van der Waals surface area contributed by atoms with E-state index >= 15 is 0 Å². The van der Waals surface area contributed by atoms with Gasteiger partial charge in [-0.1, -0.05) is 24.3 Å². The highest BCUT2D eigenvalue weighted by molar-refractivity contribution is 5.90. The van der Waals surface area contributed by atoms with E-state index in [2.05, 4.69) is 5.32 Å². The monoisotopic (exact) mass is 437 g/mol. The van der Waals surface area contributed by atoms with Crippen LogP contribution < -0.4 is 10.1 Å². The number of amides is 1. The Morgan fingerprint density at radius 1 is 1.12 bits per heavy atom. The standard InChI is InChI=1S/C26H31NO5/c1-18(20-8-10-21(11-9-20)24(28)30-2)27-25(29)26(12-14-31-15-13-26)22-4-3-5-23(16-22)32-17-19-6-7-19/h3-5,8-11,16,18-19H,6-7,12-15,17H2,1-2H3,(H,27,29). The van der Waals surface area contributed by atoms with Crippen LogP contribution in [0, 0.1) is 5.92 Å². The summed E-state index contributed by atoms with van der Waals surface area (Å²) >= 11 is 0. The molecule has 0 bridgehead atoms. The lowest BCUT2D eigenvalue weighted by molar-refractivity contribution is -0.131. The van der Waals surface area contributed by atoms with Crippen LogP contribution in [0.1, 0.15) is 60.1 Å². The molecule has 1 aliphatic carbocycles. The zero-order valence-electron chi connectivity index (χ0n) is 18.8. The lowest BCUT2D eigenvalue weighted by atomic mass is 9.73. The van der Waals surface area contributed by atoms with Crippen molar-refractivity contribution in [3.8, 4) is 5.75 Å². The molecule has 1 atom stereocenters. The predicted octanol–water partition coefficient (Wildman–Crippen LogP) is 4.19. The van der Waals surface area contributed by atoms with Crippen LogP contribution in [-0.2, 0) is 19.7 Å². The van der Waals surface area contributed by atoms with Crippen LogP contribution in [0.5, 0.6) is 5.75 Å². The van der Waals surface area contributed by atoms with Crippen molar-refractivity contribution in [3.63, 3.8) is 0 Å². The first kappa shape index (κ1) is 22.3. The first-order valence-electron chi connectivity index (χ1n) is 11.3. The number of benzene rings is 2. The molecule has 0 spiro atoms. The van der Waals surface area contributed by atoms with Crippen LogP contribution >= 0.6 is 0 Å². The second-order valence-electron chi connectivity index (χ2n) is 8.79. The van der Waals surface area contributed by atoms with Gasteiger partial charge in [-0.05, 0) is 73.9 Å². The SMILES string of the molecule is COC(=O)c1ccc(C(C)NC(=O)C2(c3cccc(OCC4CC4)c3)CCOCC2)cc1. The summed E-state index contributed by atoms with van der Waals surface area (Å²) in [5, 5.41) is 3.20. The molecule has 0 radical (unpaired) electrons. The molecule has 2 fully saturated rings. The molecule has 1 heterocycles. The lowest BCUT2D eigenvalue weighted by Crippen LogP contribution is -2.48. The summed E-state index contributed by atoms with van der Waals surface area (Å²) in [5.41, 5.74) is 1.73. The quantitative estimate of drug-likeness (QED) is 0.627. The summed E-state index contributed by atoms with van der Waals surface area (Å²) in [6.45, 7) is 3.78. The molecule has 170 valence electrons. The number of esters is 1. The maximum Gasteiger partial charge on any atom is 0.337 e. The molecule has 2 aromatic carbocycles. The van der Waals surface area contributed by atoms with Crippen molar-refractivity contribution in [2.75, 3.05) is 26.9 Å². The van der Waals surface area contributed by atoms with Gasteiger partial charge < -0.3 is 19.5 Å². The zero-order valence-corrected chi connectivity index (χ0v) is 18.8. The van der Waals surface area contributed by atoms with E-state index in [1.54, 1.807) is 12.1 Å². The highest BCUT2D eigenvalue weighted by Crippen LogP contribution is 2.38. The van der Waals surface area contributed by atoms with E-state index in [4.69, 9.17) is 14.2 Å². The topological polar surface area (TPSA) is 73.9 Å². The van der Waals surface area contributed by atoms with E-state index in [1.807, 2.05) is 43.3 Å². The van der Waals surface area contributed by atoms with E-state index < -0.39 is 5.41 Å². The molecule has 4 rings (SSSR count). The van der Waals surface area contributed by atoms with Crippen molar-refractivity contribution in [2.45, 2.75) is 44.1 Å². The molecule has 1 saturated heterocycles. The molecule has 2 aliphatic rings. The van der Waals surface area contributed by atoms with Crippen molar-refractivity contribution < 1.29 is 23.8 Å². The average molecular weight is 438 g/mol. The van der Waals surface area contributed by atoms with Crippen LogP contribution in [0.4, 0.5) is 0 Å². The van der Waals surface area contributed by atoms with Crippen molar-refractivity contribution in [2.24, 2.45) is 5.92 Å². The molecule has 1 N–H and O–H groups in total. The molecule has 6 heteroatoms. The largest absolute Gasteiger partial charge is 0.493 e. The molecule has 1 unspecified atom stereocenters. The van der Waals surface area contributed by atoms with Gasteiger partial charge in [0.05, 0.1) is 30.7 Å². The normalized spacial score (nSPS) is 18.4. The Morgan fingerprint density at radius 2 is 1.84 bits per heavy atom. The maximum absolute atomic E-state index is 13.6.